The number of likely N-dealkylation sites (tertiary alicyclic amines) is 1. The van der Waals surface area contributed by atoms with Gasteiger partial charge >= 0.3 is 5.97 Å². The molecule has 0 saturated carbocycles. The standard InChI is InChI=1S/C10H15NO4/c12-9-4-7(10(13)14)5-11(9)6-8-2-1-3-15-8/h7-8H,1-6H2,(H,13,14)/t7-,8-/m1/s1. The van der Waals surface area contributed by atoms with Gasteiger partial charge in [-0.1, -0.05) is 0 Å². The van der Waals surface area contributed by atoms with Gasteiger partial charge in [0, 0.05) is 26.1 Å². The van der Waals surface area contributed by atoms with E-state index < -0.39 is 11.9 Å². The summed E-state index contributed by atoms with van der Waals surface area (Å²) in [6.07, 6.45) is 2.26. The Morgan fingerprint density at radius 2 is 2.40 bits per heavy atom. The number of carboxylic acids is 1. The van der Waals surface area contributed by atoms with Crippen molar-refractivity contribution in [2.24, 2.45) is 5.92 Å². The summed E-state index contributed by atoms with van der Waals surface area (Å²) in [4.78, 5) is 23.8. The molecule has 2 rings (SSSR count). The number of carbonyl (C=O) groups excluding carboxylic acids is 1. The summed E-state index contributed by atoms with van der Waals surface area (Å²) < 4.78 is 5.42. The van der Waals surface area contributed by atoms with Crippen molar-refractivity contribution in [1.29, 1.82) is 0 Å². The molecule has 2 heterocycles. The lowest BCUT2D eigenvalue weighted by atomic mass is 10.1. The molecule has 15 heavy (non-hydrogen) atoms. The Balaban J connectivity index is 1.87. The van der Waals surface area contributed by atoms with Crippen LogP contribution >= 0.6 is 0 Å². The molecule has 0 aromatic heterocycles. The lowest BCUT2D eigenvalue weighted by Gasteiger charge is -2.19. The van der Waals surface area contributed by atoms with Crippen molar-refractivity contribution >= 4 is 11.9 Å². The molecule has 5 heteroatoms. The monoisotopic (exact) mass is 213 g/mol. The average Bonchev–Trinajstić information content (AvgIpc) is 2.77. The predicted octanol–water partition coefficient (Wildman–Crippen LogP) is 0.0985. The molecule has 1 N–H and O–H groups in total. The number of ether oxygens (including phenoxy) is 1. The summed E-state index contributed by atoms with van der Waals surface area (Å²) >= 11 is 0. The SMILES string of the molecule is O=C(O)[C@@H]1CC(=O)N(C[C@H]2CCCO2)C1. The first-order chi connectivity index (χ1) is 7.16. The van der Waals surface area contributed by atoms with Gasteiger partial charge in [-0.25, -0.2) is 0 Å². The van der Waals surface area contributed by atoms with Gasteiger partial charge in [-0.05, 0) is 12.8 Å². The minimum Gasteiger partial charge on any atom is -0.481 e. The number of hydrogen-bond acceptors (Lipinski definition) is 3. The maximum Gasteiger partial charge on any atom is 0.308 e. The molecule has 2 saturated heterocycles. The van der Waals surface area contributed by atoms with Crippen LogP contribution in [-0.4, -0.2) is 47.7 Å². The van der Waals surface area contributed by atoms with Crippen molar-refractivity contribution in [3.8, 4) is 0 Å². The van der Waals surface area contributed by atoms with Gasteiger partial charge < -0.3 is 14.7 Å². The first-order valence-electron chi connectivity index (χ1n) is 5.29. The Kier molecular flexibility index (Phi) is 2.90. The van der Waals surface area contributed by atoms with Crippen LogP contribution in [0.1, 0.15) is 19.3 Å². The first kappa shape index (κ1) is 10.4. The van der Waals surface area contributed by atoms with E-state index in [-0.39, 0.29) is 18.4 Å². The molecule has 5 nitrogen and oxygen atoms in total. The fraction of sp³-hybridized carbons (Fsp3) is 0.800. The second-order valence-electron chi connectivity index (χ2n) is 4.17. The number of rotatable bonds is 3. The van der Waals surface area contributed by atoms with Gasteiger partial charge in [0.25, 0.3) is 0 Å². The number of nitrogens with zero attached hydrogens (tertiary/aromatic N) is 1. The molecule has 1 amide bonds. The summed E-state index contributed by atoms with van der Waals surface area (Å²) in [6, 6.07) is 0. The van der Waals surface area contributed by atoms with Gasteiger partial charge in [0.1, 0.15) is 0 Å². The lowest BCUT2D eigenvalue weighted by molar-refractivity contribution is -0.141. The van der Waals surface area contributed by atoms with Crippen LogP contribution in [0.5, 0.6) is 0 Å². The highest BCUT2D eigenvalue weighted by molar-refractivity contribution is 5.86. The third-order valence-electron chi connectivity index (χ3n) is 3.01. The highest BCUT2D eigenvalue weighted by atomic mass is 16.5. The molecule has 2 atom stereocenters. The van der Waals surface area contributed by atoms with Crippen LogP contribution in [-0.2, 0) is 14.3 Å². The molecule has 0 aromatic carbocycles. The maximum atomic E-state index is 11.5. The van der Waals surface area contributed by atoms with E-state index in [4.69, 9.17) is 9.84 Å². The van der Waals surface area contributed by atoms with Gasteiger partial charge in [0.05, 0.1) is 12.0 Å². The topological polar surface area (TPSA) is 66.8 Å². The van der Waals surface area contributed by atoms with E-state index in [9.17, 15) is 9.59 Å². The third-order valence-corrected chi connectivity index (χ3v) is 3.01. The molecule has 2 fully saturated rings. The molecular formula is C10H15NO4. The summed E-state index contributed by atoms with van der Waals surface area (Å²) in [5, 5.41) is 8.80. The average molecular weight is 213 g/mol. The van der Waals surface area contributed by atoms with Gasteiger partial charge in [-0.3, -0.25) is 9.59 Å². The van der Waals surface area contributed by atoms with E-state index in [0.717, 1.165) is 19.4 Å². The van der Waals surface area contributed by atoms with Crippen LogP contribution in [0.15, 0.2) is 0 Å². The zero-order valence-electron chi connectivity index (χ0n) is 8.52. The largest absolute Gasteiger partial charge is 0.481 e. The summed E-state index contributed by atoms with van der Waals surface area (Å²) in [5.74, 6) is -1.46. The number of hydrogen-bond donors (Lipinski definition) is 1. The molecule has 0 unspecified atom stereocenters. The van der Waals surface area contributed by atoms with E-state index in [1.807, 2.05) is 0 Å². The molecule has 0 bridgehead atoms. The molecule has 84 valence electrons. The van der Waals surface area contributed by atoms with E-state index in [1.54, 1.807) is 4.90 Å². The Hall–Kier alpha value is -1.10. The van der Waals surface area contributed by atoms with Crippen LogP contribution < -0.4 is 0 Å². The third kappa shape index (κ3) is 2.28. The number of aliphatic carboxylic acids is 1. The van der Waals surface area contributed by atoms with E-state index in [1.165, 1.54) is 0 Å². The Morgan fingerprint density at radius 3 is 2.93 bits per heavy atom. The van der Waals surface area contributed by atoms with Crippen LogP contribution in [0, 0.1) is 5.92 Å². The van der Waals surface area contributed by atoms with Gasteiger partial charge in [0.2, 0.25) is 5.91 Å². The quantitative estimate of drug-likeness (QED) is 0.722. The second kappa shape index (κ2) is 4.18. The Labute approximate surface area is 88.0 Å². The van der Waals surface area contributed by atoms with Crippen LogP contribution in [0.25, 0.3) is 0 Å². The van der Waals surface area contributed by atoms with Crippen molar-refractivity contribution in [3.63, 3.8) is 0 Å². The van der Waals surface area contributed by atoms with Crippen molar-refractivity contribution in [2.75, 3.05) is 19.7 Å². The van der Waals surface area contributed by atoms with Crippen molar-refractivity contribution in [3.05, 3.63) is 0 Å². The lowest BCUT2D eigenvalue weighted by Crippen LogP contribution is -2.33. The fourth-order valence-corrected chi connectivity index (χ4v) is 2.15. The van der Waals surface area contributed by atoms with Gasteiger partial charge in [-0.15, -0.1) is 0 Å². The molecule has 2 aliphatic rings. The minimum absolute atomic E-state index is 0.0575. The van der Waals surface area contributed by atoms with Crippen molar-refractivity contribution in [2.45, 2.75) is 25.4 Å². The van der Waals surface area contributed by atoms with Gasteiger partial charge in [0.15, 0.2) is 0 Å². The summed E-state index contributed by atoms with van der Waals surface area (Å²) in [5.41, 5.74) is 0. The normalized spacial score (nSPS) is 31.2. The number of carboxylic acid groups (broad SMARTS) is 1. The van der Waals surface area contributed by atoms with E-state index >= 15 is 0 Å². The number of amides is 1. The zero-order chi connectivity index (χ0) is 10.8. The smallest absolute Gasteiger partial charge is 0.308 e. The van der Waals surface area contributed by atoms with Gasteiger partial charge in [-0.2, -0.15) is 0 Å². The highest BCUT2D eigenvalue weighted by Crippen LogP contribution is 2.21. The first-order valence-corrected chi connectivity index (χ1v) is 5.29. The summed E-state index contributed by atoms with van der Waals surface area (Å²) in [7, 11) is 0. The molecular weight excluding hydrogens is 198 g/mol. The highest BCUT2D eigenvalue weighted by Gasteiger charge is 2.35. The molecule has 2 aliphatic heterocycles. The van der Waals surface area contributed by atoms with Crippen molar-refractivity contribution < 1.29 is 19.4 Å². The van der Waals surface area contributed by atoms with Crippen LogP contribution in [0.3, 0.4) is 0 Å². The maximum absolute atomic E-state index is 11.5. The summed E-state index contributed by atoms with van der Waals surface area (Å²) in [6.45, 7) is 1.66. The molecule has 0 radical (unpaired) electrons. The Morgan fingerprint density at radius 1 is 1.60 bits per heavy atom. The molecule has 0 spiro atoms. The minimum atomic E-state index is -0.877. The Bertz CT molecular complexity index is 273. The van der Waals surface area contributed by atoms with Crippen LogP contribution in [0.4, 0.5) is 0 Å². The molecule has 0 aliphatic carbocycles. The second-order valence-corrected chi connectivity index (χ2v) is 4.17. The van der Waals surface area contributed by atoms with Crippen molar-refractivity contribution in [1.82, 2.24) is 4.90 Å². The number of carbonyl (C=O) groups is 2. The zero-order valence-corrected chi connectivity index (χ0v) is 8.52. The molecule has 0 aromatic rings. The van der Waals surface area contributed by atoms with E-state index in [2.05, 4.69) is 0 Å². The van der Waals surface area contributed by atoms with E-state index in [0.29, 0.717) is 13.1 Å². The predicted molar refractivity (Wildman–Crippen MR) is 51.3 cm³/mol. The van der Waals surface area contributed by atoms with Crippen LogP contribution in [0.2, 0.25) is 0 Å². The fourth-order valence-electron chi connectivity index (χ4n) is 2.15.